The SMILES string of the molecule is C[C@H](Nc1nc(N)nc2[nH]ncc12)c1ccc(Cl)cc1. The number of hydrogen-bond donors (Lipinski definition) is 3. The van der Waals surface area contributed by atoms with Crippen LogP contribution in [0.3, 0.4) is 0 Å². The summed E-state index contributed by atoms with van der Waals surface area (Å²) in [6.45, 7) is 2.04. The van der Waals surface area contributed by atoms with Crippen LogP contribution in [-0.2, 0) is 0 Å². The van der Waals surface area contributed by atoms with Gasteiger partial charge in [-0.2, -0.15) is 15.1 Å². The molecule has 0 bridgehead atoms. The zero-order chi connectivity index (χ0) is 14.1. The minimum atomic E-state index is 0.0552. The molecule has 7 heteroatoms. The summed E-state index contributed by atoms with van der Waals surface area (Å²) in [6.07, 6.45) is 1.67. The molecule has 0 unspecified atom stereocenters. The van der Waals surface area contributed by atoms with E-state index in [9.17, 15) is 0 Å². The van der Waals surface area contributed by atoms with Gasteiger partial charge in [-0.15, -0.1) is 0 Å². The molecule has 2 heterocycles. The van der Waals surface area contributed by atoms with Crippen LogP contribution in [0, 0.1) is 0 Å². The third-order valence-corrected chi connectivity index (χ3v) is 3.30. The molecule has 0 saturated carbocycles. The highest BCUT2D eigenvalue weighted by Crippen LogP contribution is 2.24. The van der Waals surface area contributed by atoms with Gasteiger partial charge < -0.3 is 11.1 Å². The van der Waals surface area contributed by atoms with Gasteiger partial charge in [0.2, 0.25) is 5.95 Å². The summed E-state index contributed by atoms with van der Waals surface area (Å²) in [6, 6.07) is 7.71. The zero-order valence-corrected chi connectivity index (χ0v) is 11.5. The second-order valence-corrected chi connectivity index (χ2v) is 4.92. The lowest BCUT2D eigenvalue weighted by atomic mass is 10.1. The molecule has 4 N–H and O–H groups in total. The van der Waals surface area contributed by atoms with Crippen molar-refractivity contribution >= 4 is 34.4 Å². The predicted octanol–water partition coefficient (Wildman–Crippen LogP) is 2.76. The monoisotopic (exact) mass is 288 g/mol. The Labute approximate surface area is 120 Å². The molecule has 0 aliphatic carbocycles. The van der Waals surface area contributed by atoms with Crippen LogP contribution < -0.4 is 11.1 Å². The molecule has 0 aliphatic heterocycles. The molecule has 1 aromatic carbocycles. The van der Waals surface area contributed by atoms with Gasteiger partial charge in [0.1, 0.15) is 5.82 Å². The van der Waals surface area contributed by atoms with E-state index in [4.69, 9.17) is 17.3 Å². The van der Waals surface area contributed by atoms with Gasteiger partial charge in [0.25, 0.3) is 0 Å². The Morgan fingerprint density at radius 3 is 2.75 bits per heavy atom. The molecule has 0 saturated heterocycles. The van der Waals surface area contributed by atoms with Gasteiger partial charge in [-0.3, -0.25) is 5.10 Å². The van der Waals surface area contributed by atoms with Crippen LogP contribution in [0.1, 0.15) is 18.5 Å². The van der Waals surface area contributed by atoms with Crippen LogP contribution in [-0.4, -0.2) is 20.2 Å². The van der Waals surface area contributed by atoms with Gasteiger partial charge in [0, 0.05) is 11.1 Å². The van der Waals surface area contributed by atoms with Crippen molar-refractivity contribution in [2.24, 2.45) is 0 Å². The van der Waals surface area contributed by atoms with E-state index in [0.29, 0.717) is 16.5 Å². The second kappa shape index (κ2) is 4.97. The number of H-pyrrole nitrogens is 1. The fourth-order valence-electron chi connectivity index (χ4n) is 2.00. The van der Waals surface area contributed by atoms with Gasteiger partial charge >= 0.3 is 0 Å². The molecular formula is C13H13ClN6. The minimum Gasteiger partial charge on any atom is -0.368 e. The highest BCUT2D eigenvalue weighted by Gasteiger charge is 2.11. The minimum absolute atomic E-state index is 0.0552. The van der Waals surface area contributed by atoms with Gasteiger partial charge in [-0.25, -0.2) is 0 Å². The number of fused-ring (bicyclic) bond motifs is 1. The first-order valence-corrected chi connectivity index (χ1v) is 6.50. The van der Waals surface area contributed by atoms with Crippen LogP contribution >= 0.6 is 11.6 Å². The number of anilines is 2. The maximum Gasteiger partial charge on any atom is 0.224 e. The van der Waals surface area contributed by atoms with Crippen molar-refractivity contribution in [3.63, 3.8) is 0 Å². The number of nitrogens with one attached hydrogen (secondary N) is 2. The van der Waals surface area contributed by atoms with Gasteiger partial charge in [0.05, 0.1) is 11.6 Å². The third-order valence-electron chi connectivity index (χ3n) is 3.05. The number of nitrogen functional groups attached to an aromatic ring is 1. The zero-order valence-electron chi connectivity index (χ0n) is 10.8. The highest BCUT2D eigenvalue weighted by atomic mass is 35.5. The summed E-state index contributed by atoms with van der Waals surface area (Å²) in [4.78, 5) is 8.31. The molecule has 6 nitrogen and oxygen atoms in total. The van der Waals surface area contributed by atoms with Gasteiger partial charge in [-0.05, 0) is 24.6 Å². The Morgan fingerprint density at radius 1 is 1.25 bits per heavy atom. The third kappa shape index (κ3) is 2.37. The van der Waals surface area contributed by atoms with Crippen LogP contribution in [0.5, 0.6) is 0 Å². The van der Waals surface area contributed by atoms with E-state index >= 15 is 0 Å². The van der Waals surface area contributed by atoms with Crippen molar-refractivity contribution in [2.75, 3.05) is 11.1 Å². The summed E-state index contributed by atoms with van der Waals surface area (Å²) < 4.78 is 0. The molecule has 0 fully saturated rings. The fraction of sp³-hybridized carbons (Fsp3) is 0.154. The lowest BCUT2D eigenvalue weighted by Gasteiger charge is -2.15. The fourth-order valence-corrected chi connectivity index (χ4v) is 2.13. The first-order chi connectivity index (χ1) is 9.63. The van der Waals surface area contributed by atoms with E-state index in [2.05, 4.69) is 25.5 Å². The van der Waals surface area contributed by atoms with E-state index in [1.54, 1.807) is 6.20 Å². The first kappa shape index (κ1) is 12.7. The number of nitrogens with zero attached hydrogens (tertiary/aromatic N) is 3. The van der Waals surface area contributed by atoms with Crippen molar-refractivity contribution in [3.05, 3.63) is 41.0 Å². The molecule has 0 aliphatic rings. The number of benzene rings is 1. The van der Waals surface area contributed by atoms with E-state index in [1.807, 2.05) is 31.2 Å². The lowest BCUT2D eigenvalue weighted by molar-refractivity contribution is 0.877. The smallest absolute Gasteiger partial charge is 0.224 e. The maximum absolute atomic E-state index is 5.89. The quantitative estimate of drug-likeness (QED) is 0.689. The molecule has 1 atom stereocenters. The van der Waals surface area contributed by atoms with Crippen LogP contribution in [0.4, 0.5) is 11.8 Å². The van der Waals surface area contributed by atoms with E-state index in [1.165, 1.54) is 0 Å². The molecule has 0 amide bonds. The number of hydrogen-bond acceptors (Lipinski definition) is 5. The Kier molecular flexibility index (Phi) is 3.15. The molecule has 0 spiro atoms. The Balaban J connectivity index is 1.92. The maximum atomic E-state index is 5.89. The molecule has 20 heavy (non-hydrogen) atoms. The van der Waals surface area contributed by atoms with Gasteiger partial charge in [0.15, 0.2) is 5.65 Å². The predicted molar refractivity (Wildman–Crippen MR) is 79.6 cm³/mol. The summed E-state index contributed by atoms with van der Waals surface area (Å²) in [5, 5.41) is 11.6. The van der Waals surface area contributed by atoms with Crippen molar-refractivity contribution in [2.45, 2.75) is 13.0 Å². The molecule has 3 aromatic rings. The standard InChI is InChI=1S/C13H13ClN6/c1-7(8-2-4-9(14)5-3-8)17-11-10-6-16-20-12(10)19-13(15)18-11/h2-7H,1H3,(H4,15,16,17,18,19,20)/t7-/m0/s1. The summed E-state index contributed by atoms with van der Waals surface area (Å²) in [5.74, 6) is 0.858. The summed E-state index contributed by atoms with van der Waals surface area (Å²) >= 11 is 5.89. The number of halogens is 1. The van der Waals surface area contributed by atoms with Crippen molar-refractivity contribution < 1.29 is 0 Å². The summed E-state index contributed by atoms with van der Waals surface area (Å²) in [5.41, 5.74) is 7.41. The molecular weight excluding hydrogens is 276 g/mol. The number of aromatic amines is 1. The number of aromatic nitrogens is 4. The largest absolute Gasteiger partial charge is 0.368 e. The van der Waals surface area contributed by atoms with Crippen molar-refractivity contribution in [1.82, 2.24) is 20.2 Å². The van der Waals surface area contributed by atoms with Crippen LogP contribution in [0.25, 0.3) is 11.0 Å². The second-order valence-electron chi connectivity index (χ2n) is 4.48. The lowest BCUT2D eigenvalue weighted by Crippen LogP contribution is -2.09. The average molecular weight is 289 g/mol. The Bertz CT molecular complexity index is 736. The first-order valence-electron chi connectivity index (χ1n) is 6.12. The highest BCUT2D eigenvalue weighted by molar-refractivity contribution is 6.30. The molecule has 0 radical (unpaired) electrons. The normalized spacial score (nSPS) is 12.5. The average Bonchev–Trinajstić information content (AvgIpc) is 2.87. The van der Waals surface area contributed by atoms with Crippen LogP contribution in [0.2, 0.25) is 5.02 Å². The molecule has 2 aromatic heterocycles. The topological polar surface area (TPSA) is 92.5 Å². The molecule has 3 rings (SSSR count). The Morgan fingerprint density at radius 2 is 2.00 bits per heavy atom. The van der Waals surface area contributed by atoms with Crippen molar-refractivity contribution in [1.29, 1.82) is 0 Å². The van der Waals surface area contributed by atoms with Gasteiger partial charge in [-0.1, -0.05) is 23.7 Å². The summed E-state index contributed by atoms with van der Waals surface area (Å²) in [7, 11) is 0. The number of nitrogens with two attached hydrogens (primary N) is 1. The van der Waals surface area contributed by atoms with E-state index in [0.717, 1.165) is 10.9 Å². The Hall–Kier alpha value is -2.34. The van der Waals surface area contributed by atoms with Crippen molar-refractivity contribution in [3.8, 4) is 0 Å². The van der Waals surface area contributed by atoms with E-state index < -0.39 is 0 Å². The molecule has 102 valence electrons. The number of rotatable bonds is 3. The van der Waals surface area contributed by atoms with Crippen LogP contribution in [0.15, 0.2) is 30.5 Å². The van der Waals surface area contributed by atoms with E-state index in [-0.39, 0.29) is 12.0 Å².